The molecule has 126 valence electrons. The molecule has 0 aliphatic heterocycles. The van der Waals surface area contributed by atoms with Gasteiger partial charge in [-0.1, -0.05) is 0 Å². The molecule has 2 aromatic heterocycles. The Morgan fingerprint density at radius 3 is 2.61 bits per heavy atom. The smallest absolute Gasteiger partial charge is 0.275 e. The second-order valence-corrected chi connectivity index (χ2v) is 6.75. The van der Waals surface area contributed by atoms with Gasteiger partial charge in [0.25, 0.3) is 22.4 Å². The molecule has 0 bridgehead atoms. The van der Waals surface area contributed by atoms with Crippen molar-refractivity contribution in [3.63, 3.8) is 0 Å². The Kier molecular flexibility index (Phi) is 3.39. The van der Waals surface area contributed by atoms with E-state index in [1.807, 2.05) is 4.72 Å². The predicted octanol–water partition coefficient (Wildman–Crippen LogP) is 1.94. The highest BCUT2D eigenvalue weighted by molar-refractivity contribution is 7.92. The average Bonchev–Trinajstić information content (AvgIpc) is 2.83. The molecule has 1 saturated carbocycles. The van der Waals surface area contributed by atoms with Gasteiger partial charge in [-0.25, -0.2) is 17.6 Å². The van der Waals surface area contributed by atoms with Gasteiger partial charge in [-0.3, -0.25) is 14.1 Å². The van der Waals surface area contributed by atoms with Gasteiger partial charge in [0.15, 0.2) is 10.7 Å². The third-order valence-corrected chi connectivity index (χ3v) is 4.54. The van der Waals surface area contributed by atoms with Gasteiger partial charge in [-0.05, 0) is 6.07 Å². The van der Waals surface area contributed by atoms with E-state index in [2.05, 4.69) is 10.2 Å². The Bertz CT molecular complexity index is 844. The van der Waals surface area contributed by atoms with E-state index >= 15 is 0 Å². The fraction of sp³-hybridized carbons (Fsp3) is 0.455. The van der Waals surface area contributed by atoms with Gasteiger partial charge in [0.2, 0.25) is 0 Å². The molecule has 3 rings (SSSR count). The molecule has 1 N–H and O–H groups in total. The second-order valence-electron chi connectivity index (χ2n) is 5.12. The first-order valence-corrected chi connectivity index (χ1v) is 7.86. The number of anilines is 1. The van der Waals surface area contributed by atoms with Gasteiger partial charge in [-0.15, -0.1) is 0 Å². The summed E-state index contributed by atoms with van der Waals surface area (Å²) >= 11 is 0. The van der Waals surface area contributed by atoms with Crippen LogP contribution < -0.4 is 4.72 Å². The van der Waals surface area contributed by atoms with Crippen LogP contribution in [0.3, 0.4) is 0 Å². The summed E-state index contributed by atoms with van der Waals surface area (Å²) in [5.41, 5.74) is -1.13. The summed E-state index contributed by atoms with van der Waals surface area (Å²) in [4.78, 5) is 0. The van der Waals surface area contributed by atoms with Crippen molar-refractivity contribution in [2.75, 3.05) is 4.72 Å². The number of aryl methyl sites for hydroxylation is 1. The van der Waals surface area contributed by atoms with Crippen molar-refractivity contribution in [2.45, 2.75) is 29.8 Å². The number of hydrogen-bond donors (Lipinski definition) is 1. The van der Waals surface area contributed by atoms with Crippen molar-refractivity contribution in [3.8, 4) is 0 Å². The Morgan fingerprint density at radius 2 is 2.04 bits per heavy atom. The van der Waals surface area contributed by atoms with E-state index in [-0.39, 0.29) is 0 Å². The normalized spacial score (nSPS) is 20.0. The van der Waals surface area contributed by atoms with E-state index in [0.717, 1.165) is 27.8 Å². The van der Waals surface area contributed by atoms with E-state index in [0.29, 0.717) is 0 Å². The van der Waals surface area contributed by atoms with Crippen LogP contribution in [0.15, 0.2) is 23.5 Å². The van der Waals surface area contributed by atoms with E-state index in [4.69, 9.17) is 0 Å². The maximum atomic E-state index is 13.0. The summed E-state index contributed by atoms with van der Waals surface area (Å²) in [6.07, 6.45) is -1.21. The van der Waals surface area contributed by atoms with Gasteiger partial charge >= 0.3 is 0 Å². The molecule has 7 nitrogen and oxygen atoms in total. The lowest BCUT2D eigenvalue weighted by Crippen LogP contribution is -2.15. The van der Waals surface area contributed by atoms with Gasteiger partial charge < -0.3 is 0 Å². The van der Waals surface area contributed by atoms with Crippen LogP contribution in [0.5, 0.6) is 0 Å². The molecule has 0 saturated heterocycles. The van der Waals surface area contributed by atoms with Crippen LogP contribution in [0, 0.1) is 0 Å². The summed E-state index contributed by atoms with van der Waals surface area (Å²) < 4.78 is 79.7. The molecular formula is C11H11F4N5O2S. The molecule has 0 aromatic carbocycles. The SMILES string of the molecule is Cn1cc(NS(=O)(=O)c2ccn(C3CC3(F)F)n2)c(C(F)F)n1. The minimum absolute atomic E-state index is 0.395. The van der Waals surface area contributed by atoms with Gasteiger partial charge in [0, 0.05) is 25.9 Å². The van der Waals surface area contributed by atoms with Crippen LogP contribution in [-0.4, -0.2) is 33.9 Å². The molecule has 2 heterocycles. The van der Waals surface area contributed by atoms with Crippen molar-refractivity contribution >= 4 is 15.7 Å². The second kappa shape index (κ2) is 4.94. The lowest BCUT2D eigenvalue weighted by atomic mass is 10.4. The van der Waals surface area contributed by atoms with Crippen LogP contribution >= 0.6 is 0 Å². The highest BCUT2D eigenvalue weighted by Crippen LogP contribution is 2.52. The van der Waals surface area contributed by atoms with Crippen molar-refractivity contribution in [1.82, 2.24) is 19.6 Å². The summed E-state index contributed by atoms with van der Waals surface area (Å²) in [5.74, 6) is -2.91. The molecular weight excluding hydrogens is 342 g/mol. The maximum absolute atomic E-state index is 13.0. The Morgan fingerprint density at radius 1 is 1.39 bits per heavy atom. The molecule has 1 aliphatic rings. The van der Waals surface area contributed by atoms with E-state index in [9.17, 15) is 26.0 Å². The number of nitrogens with one attached hydrogen (secondary N) is 1. The Labute approximate surface area is 127 Å². The summed E-state index contributed by atoms with van der Waals surface area (Å²) in [6, 6.07) is -0.156. The summed E-state index contributed by atoms with van der Waals surface area (Å²) in [6.45, 7) is 0. The van der Waals surface area contributed by atoms with Crippen molar-refractivity contribution in [3.05, 3.63) is 24.2 Å². The Balaban J connectivity index is 1.85. The molecule has 1 aliphatic carbocycles. The molecule has 12 heteroatoms. The van der Waals surface area contributed by atoms with Crippen LogP contribution in [0.2, 0.25) is 0 Å². The number of hydrogen-bond acceptors (Lipinski definition) is 4. The number of aromatic nitrogens is 4. The van der Waals surface area contributed by atoms with Gasteiger partial charge in [-0.2, -0.15) is 18.6 Å². The van der Waals surface area contributed by atoms with Crippen molar-refractivity contribution in [1.29, 1.82) is 0 Å². The van der Waals surface area contributed by atoms with E-state index < -0.39 is 51.2 Å². The van der Waals surface area contributed by atoms with Crippen LogP contribution in [-0.2, 0) is 17.1 Å². The van der Waals surface area contributed by atoms with Gasteiger partial charge in [0.05, 0.1) is 5.69 Å². The molecule has 0 radical (unpaired) electrons. The largest absolute Gasteiger partial charge is 0.284 e. The predicted molar refractivity (Wildman–Crippen MR) is 69.8 cm³/mol. The number of nitrogens with zero attached hydrogens (tertiary/aromatic N) is 4. The highest BCUT2D eigenvalue weighted by atomic mass is 32.2. The van der Waals surface area contributed by atoms with Gasteiger partial charge in [0.1, 0.15) is 6.04 Å². The molecule has 0 amide bonds. The quantitative estimate of drug-likeness (QED) is 0.833. The van der Waals surface area contributed by atoms with Crippen molar-refractivity contribution in [2.24, 2.45) is 7.05 Å². The molecule has 2 aromatic rings. The van der Waals surface area contributed by atoms with E-state index in [1.165, 1.54) is 7.05 Å². The van der Waals surface area contributed by atoms with Crippen LogP contribution in [0.25, 0.3) is 0 Å². The molecule has 1 unspecified atom stereocenters. The van der Waals surface area contributed by atoms with Crippen LogP contribution in [0.4, 0.5) is 23.2 Å². The Hall–Kier alpha value is -2.11. The standard InChI is InChI=1S/C11H11F4N5O2S/c1-19-5-6(9(17-19)10(12)13)18-23(21,22)8-2-3-20(16-8)7-4-11(7,14)15/h2-3,5,7,10,18H,4H2,1H3. The summed E-state index contributed by atoms with van der Waals surface area (Å²) in [5, 5.41) is 6.52. The fourth-order valence-electron chi connectivity index (χ4n) is 2.07. The number of alkyl halides is 4. The number of rotatable bonds is 5. The monoisotopic (exact) mass is 353 g/mol. The lowest BCUT2D eigenvalue weighted by molar-refractivity contribution is 0.0981. The number of halogens is 4. The molecule has 23 heavy (non-hydrogen) atoms. The van der Waals surface area contributed by atoms with Crippen molar-refractivity contribution < 1.29 is 26.0 Å². The zero-order valence-corrected chi connectivity index (χ0v) is 12.4. The number of sulfonamides is 1. The third-order valence-electron chi connectivity index (χ3n) is 3.28. The minimum Gasteiger partial charge on any atom is -0.275 e. The first kappa shape index (κ1) is 15.8. The fourth-order valence-corrected chi connectivity index (χ4v) is 3.06. The maximum Gasteiger partial charge on any atom is 0.284 e. The third kappa shape index (κ3) is 2.90. The summed E-state index contributed by atoms with van der Waals surface area (Å²) in [7, 11) is -2.94. The molecule has 1 atom stereocenters. The first-order chi connectivity index (χ1) is 10.6. The highest BCUT2D eigenvalue weighted by Gasteiger charge is 2.59. The average molecular weight is 353 g/mol. The molecule has 0 spiro atoms. The zero-order chi connectivity index (χ0) is 17.0. The first-order valence-electron chi connectivity index (χ1n) is 6.37. The topological polar surface area (TPSA) is 81.8 Å². The molecule has 1 fully saturated rings. The van der Waals surface area contributed by atoms with E-state index in [1.54, 1.807) is 0 Å². The van der Waals surface area contributed by atoms with Crippen LogP contribution in [0.1, 0.15) is 24.6 Å². The lowest BCUT2D eigenvalue weighted by Gasteiger charge is -2.05. The zero-order valence-electron chi connectivity index (χ0n) is 11.6. The minimum atomic E-state index is -4.29.